The number of aromatic nitrogens is 1. The molecule has 4 aliphatic carbocycles. The molecule has 4 fully saturated rings. The number of aryl methyl sites for hydroxylation is 1. The first-order chi connectivity index (χ1) is 13.2. The number of hydrogen-bond donors (Lipinski definition) is 0. The van der Waals surface area contributed by atoms with Gasteiger partial charge in [0.15, 0.2) is 0 Å². The molecule has 27 heavy (non-hydrogen) atoms. The normalized spacial score (nSPS) is 32.7. The van der Waals surface area contributed by atoms with Gasteiger partial charge in [-0.1, -0.05) is 39.0 Å². The second-order valence-corrected chi connectivity index (χ2v) is 10.6. The lowest BCUT2D eigenvalue weighted by molar-refractivity contribution is -0.0603. The first kappa shape index (κ1) is 19.5. The van der Waals surface area contributed by atoms with Gasteiger partial charge in [0, 0.05) is 12.4 Å². The maximum Gasteiger partial charge on any atom is 0.0270 e. The number of pyridine rings is 1. The minimum Gasteiger partial charge on any atom is -0.265 e. The largest absolute Gasteiger partial charge is 0.265 e. The van der Waals surface area contributed by atoms with Crippen LogP contribution in [0.4, 0.5) is 0 Å². The van der Waals surface area contributed by atoms with Crippen LogP contribution in [0.3, 0.4) is 0 Å². The average Bonchev–Trinajstić information content (AvgIpc) is 2.66. The van der Waals surface area contributed by atoms with Crippen molar-refractivity contribution in [2.24, 2.45) is 29.1 Å². The van der Waals surface area contributed by atoms with Gasteiger partial charge in [0.25, 0.3) is 0 Å². The van der Waals surface area contributed by atoms with Gasteiger partial charge in [0.05, 0.1) is 0 Å². The van der Waals surface area contributed by atoms with Gasteiger partial charge in [-0.2, -0.15) is 0 Å². The molecule has 4 saturated carbocycles. The molecule has 0 saturated heterocycles. The molecular weight excluding hydrogens is 326 g/mol. The molecule has 1 aromatic heterocycles. The molecular formula is C26H41N. The van der Waals surface area contributed by atoms with Crippen LogP contribution in [0, 0.1) is 29.1 Å². The van der Waals surface area contributed by atoms with E-state index in [9.17, 15) is 0 Å². The number of nitrogens with zero attached hydrogens (tertiary/aromatic N) is 1. The lowest BCUT2D eigenvalue weighted by Crippen LogP contribution is -2.46. The van der Waals surface area contributed by atoms with Gasteiger partial charge in [-0.15, -0.1) is 0 Å². The SMILES string of the molecule is CCCCCCC(CCc1ccncc1)CCC12CC3CC(CC(C3)C1)C2. The predicted octanol–water partition coefficient (Wildman–Crippen LogP) is 7.60. The molecule has 1 heteroatoms. The molecule has 1 aromatic rings. The molecule has 0 N–H and O–H groups in total. The zero-order valence-electron chi connectivity index (χ0n) is 17.7. The molecule has 0 radical (unpaired) electrons. The van der Waals surface area contributed by atoms with Crippen molar-refractivity contribution in [1.29, 1.82) is 0 Å². The van der Waals surface area contributed by atoms with Crippen LogP contribution in [0.25, 0.3) is 0 Å². The van der Waals surface area contributed by atoms with Crippen LogP contribution in [0.1, 0.15) is 102 Å². The van der Waals surface area contributed by atoms with Crippen LogP contribution in [-0.4, -0.2) is 4.98 Å². The van der Waals surface area contributed by atoms with E-state index in [2.05, 4.69) is 24.0 Å². The van der Waals surface area contributed by atoms with Crippen LogP contribution >= 0.6 is 0 Å². The zero-order chi connectivity index (χ0) is 18.5. The van der Waals surface area contributed by atoms with Gasteiger partial charge in [0.1, 0.15) is 0 Å². The summed E-state index contributed by atoms with van der Waals surface area (Å²) in [4.78, 5) is 4.18. The molecule has 0 aliphatic heterocycles. The fourth-order valence-corrected chi connectivity index (χ4v) is 7.32. The summed E-state index contributed by atoms with van der Waals surface area (Å²) in [5, 5.41) is 0. The Morgan fingerprint density at radius 3 is 2.19 bits per heavy atom. The van der Waals surface area contributed by atoms with E-state index >= 15 is 0 Å². The number of hydrogen-bond acceptors (Lipinski definition) is 1. The molecule has 4 bridgehead atoms. The highest BCUT2D eigenvalue weighted by atomic mass is 14.6. The maximum absolute atomic E-state index is 4.18. The third kappa shape index (κ3) is 5.15. The van der Waals surface area contributed by atoms with Crippen molar-refractivity contribution in [2.75, 3.05) is 0 Å². The van der Waals surface area contributed by atoms with Gasteiger partial charge >= 0.3 is 0 Å². The summed E-state index contributed by atoms with van der Waals surface area (Å²) in [6.07, 6.45) is 26.3. The van der Waals surface area contributed by atoms with E-state index in [1.807, 2.05) is 12.4 Å². The van der Waals surface area contributed by atoms with Crippen LogP contribution in [-0.2, 0) is 6.42 Å². The van der Waals surface area contributed by atoms with E-state index in [4.69, 9.17) is 0 Å². The lowest BCUT2D eigenvalue weighted by Gasteiger charge is -2.57. The molecule has 150 valence electrons. The summed E-state index contributed by atoms with van der Waals surface area (Å²) in [5.74, 6) is 4.27. The van der Waals surface area contributed by atoms with Crippen LogP contribution in [0.15, 0.2) is 24.5 Å². The van der Waals surface area contributed by atoms with Crippen LogP contribution in [0.2, 0.25) is 0 Å². The molecule has 1 atom stereocenters. The predicted molar refractivity (Wildman–Crippen MR) is 115 cm³/mol. The highest BCUT2D eigenvalue weighted by molar-refractivity contribution is 5.09. The van der Waals surface area contributed by atoms with Crippen molar-refractivity contribution in [1.82, 2.24) is 4.98 Å². The monoisotopic (exact) mass is 367 g/mol. The Morgan fingerprint density at radius 2 is 1.56 bits per heavy atom. The molecule has 1 heterocycles. The quantitative estimate of drug-likeness (QED) is 0.367. The molecule has 0 aromatic carbocycles. The van der Waals surface area contributed by atoms with Crippen molar-refractivity contribution in [2.45, 2.75) is 103 Å². The smallest absolute Gasteiger partial charge is 0.0270 e. The summed E-state index contributed by atoms with van der Waals surface area (Å²) < 4.78 is 0. The van der Waals surface area contributed by atoms with Gasteiger partial charge < -0.3 is 0 Å². The Bertz CT molecular complexity index is 528. The minimum atomic E-state index is 0.771. The first-order valence-electron chi connectivity index (χ1n) is 12.1. The Hall–Kier alpha value is -0.850. The highest BCUT2D eigenvalue weighted by Gasteiger charge is 2.50. The van der Waals surface area contributed by atoms with Gasteiger partial charge in [-0.05, 0) is 111 Å². The van der Waals surface area contributed by atoms with E-state index in [-0.39, 0.29) is 0 Å². The summed E-state index contributed by atoms with van der Waals surface area (Å²) in [6.45, 7) is 2.33. The van der Waals surface area contributed by atoms with Crippen molar-refractivity contribution in [3.8, 4) is 0 Å². The number of rotatable bonds is 11. The molecule has 5 rings (SSSR count). The first-order valence-corrected chi connectivity index (χ1v) is 12.1. The van der Waals surface area contributed by atoms with Crippen molar-refractivity contribution >= 4 is 0 Å². The second-order valence-electron chi connectivity index (χ2n) is 10.6. The van der Waals surface area contributed by atoms with E-state index in [0.717, 1.165) is 29.1 Å². The van der Waals surface area contributed by atoms with Crippen molar-refractivity contribution in [3.05, 3.63) is 30.1 Å². The maximum atomic E-state index is 4.18. The summed E-state index contributed by atoms with van der Waals surface area (Å²) in [6, 6.07) is 4.43. The van der Waals surface area contributed by atoms with E-state index < -0.39 is 0 Å². The van der Waals surface area contributed by atoms with E-state index in [1.54, 1.807) is 44.9 Å². The van der Waals surface area contributed by atoms with E-state index in [1.165, 1.54) is 56.9 Å². The van der Waals surface area contributed by atoms with E-state index in [0.29, 0.717) is 0 Å². The highest BCUT2D eigenvalue weighted by Crippen LogP contribution is 2.61. The zero-order valence-corrected chi connectivity index (χ0v) is 17.7. The summed E-state index contributed by atoms with van der Waals surface area (Å²) >= 11 is 0. The molecule has 0 amide bonds. The molecule has 0 spiro atoms. The van der Waals surface area contributed by atoms with Gasteiger partial charge in [0.2, 0.25) is 0 Å². The van der Waals surface area contributed by atoms with Gasteiger partial charge in [-0.3, -0.25) is 4.98 Å². The fraction of sp³-hybridized carbons (Fsp3) is 0.808. The van der Waals surface area contributed by atoms with Gasteiger partial charge in [-0.25, -0.2) is 0 Å². The topological polar surface area (TPSA) is 12.9 Å². The van der Waals surface area contributed by atoms with Crippen molar-refractivity contribution in [3.63, 3.8) is 0 Å². The third-order valence-corrected chi connectivity index (χ3v) is 8.30. The van der Waals surface area contributed by atoms with Crippen LogP contribution < -0.4 is 0 Å². The molecule has 4 aliphatic rings. The Kier molecular flexibility index (Phi) is 6.56. The van der Waals surface area contributed by atoms with Crippen molar-refractivity contribution < 1.29 is 0 Å². The average molecular weight is 368 g/mol. The summed E-state index contributed by atoms with van der Waals surface area (Å²) in [7, 11) is 0. The summed E-state index contributed by atoms with van der Waals surface area (Å²) in [5.41, 5.74) is 2.26. The standard InChI is InChI=1S/C26H41N/c1-2-3-4-5-6-21(7-8-22-10-13-27-14-11-22)9-12-26-18-23-15-24(19-26)17-25(16-23)20-26/h10-11,13-14,21,23-25H,2-9,12,15-20H2,1H3. The molecule has 1 nitrogen and oxygen atoms in total. The van der Waals surface area contributed by atoms with Crippen LogP contribution in [0.5, 0.6) is 0 Å². The number of unbranched alkanes of at least 4 members (excludes halogenated alkanes) is 3. The fourth-order valence-electron chi connectivity index (χ4n) is 7.32. The molecule has 1 unspecified atom stereocenters. The lowest BCUT2D eigenvalue weighted by atomic mass is 9.48. The Labute approximate surface area is 167 Å². The minimum absolute atomic E-state index is 0.771. The Balaban J connectivity index is 1.31. The Morgan fingerprint density at radius 1 is 0.889 bits per heavy atom. The third-order valence-electron chi connectivity index (χ3n) is 8.30. The second kappa shape index (κ2) is 9.10.